The summed E-state index contributed by atoms with van der Waals surface area (Å²) < 4.78 is 12.2. The molecule has 0 aliphatic carbocycles. The van der Waals surface area contributed by atoms with E-state index in [1.54, 1.807) is 18.4 Å². The Hall–Kier alpha value is -3.58. The second-order valence-electron chi connectivity index (χ2n) is 7.55. The Bertz CT molecular complexity index is 1220. The van der Waals surface area contributed by atoms with Gasteiger partial charge < -0.3 is 19.3 Å². The summed E-state index contributed by atoms with van der Waals surface area (Å²) in [5.41, 5.74) is 1.65. The van der Waals surface area contributed by atoms with Crippen LogP contribution in [-0.4, -0.2) is 49.1 Å². The average Bonchev–Trinajstić information content (AvgIpc) is 3.28. The number of carbonyl (C=O) groups excluding carboxylic acids is 1. The zero-order chi connectivity index (χ0) is 21.9. The van der Waals surface area contributed by atoms with Crippen molar-refractivity contribution < 1.29 is 14.3 Å². The maximum atomic E-state index is 13.0. The highest BCUT2D eigenvalue weighted by atomic mass is 32.1. The van der Waals surface area contributed by atoms with Crippen LogP contribution in [-0.2, 0) is 0 Å². The molecule has 5 rings (SSSR count). The molecule has 2 heterocycles. The minimum absolute atomic E-state index is 0.0462. The molecule has 0 radical (unpaired) electrons. The molecule has 0 saturated carbocycles. The highest BCUT2D eigenvalue weighted by Gasteiger charge is 2.24. The summed E-state index contributed by atoms with van der Waals surface area (Å²) in [4.78, 5) is 21.9. The summed E-state index contributed by atoms with van der Waals surface area (Å²) >= 11 is 1.66. The molecule has 0 spiro atoms. The maximum Gasteiger partial charge on any atom is 0.253 e. The molecule has 4 aromatic rings. The van der Waals surface area contributed by atoms with E-state index in [1.807, 2.05) is 77.7 Å². The third-order valence-electron chi connectivity index (χ3n) is 5.50. The Kier molecular flexibility index (Phi) is 5.64. The number of piperazine rings is 1. The number of fused-ring (bicyclic) bond motifs is 1. The van der Waals surface area contributed by atoms with Gasteiger partial charge in [-0.15, -0.1) is 0 Å². The van der Waals surface area contributed by atoms with Gasteiger partial charge in [-0.2, -0.15) is 0 Å². The van der Waals surface area contributed by atoms with Crippen molar-refractivity contribution in [1.82, 2.24) is 9.88 Å². The normalized spacial score (nSPS) is 13.9. The third-order valence-corrected chi connectivity index (χ3v) is 6.58. The number of rotatable bonds is 5. The number of anilines is 1. The van der Waals surface area contributed by atoms with E-state index >= 15 is 0 Å². The second-order valence-corrected chi connectivity index (χ2v) is 8.56. The van der Waals surface area contributed by atoms with Crippen molar-refractivity contribution in [3.8, 4) is 17.2 Å². The highest BCUT2D eigenvalue weighted by Crippen LogP contribution is 2.32. The smallest absolute Gasteiger partial charge is 0.253 e. The minimum atomic E-state index is 0.0462. The summed E-state index contributed by atoms with van der Waals surface area (Å²) in [6.07, 6.45) is 0. The molecule has 1 aliphatic heterocycles. The van der Waals surface area contributed by atoms with Gasteiger partial charge in [0.1, 0.15) is 17.2 Å². The van der Waals surface area contributed by atoms with Crippen molar-refractivity contribution in [3.05, 3.63) is 78.4 Å². The molecule has 1 amide bonds. The fourth-order valence-electron chi connectivity index (χ4n) is 3.73. The molecule has 1 aromatic heterocycles. The SMILES string of the molecule is COc1ccc2nc(N3CCN(C(=O)c4ccc(Oc5ccccc5)cc4)CC3)sc2c1. The van der Waals surface area contributed by atoms with Gasteiger partial charge >= 0.3 is 0 Å². The third kappa shape index (κ3) is 4.24. The van der Waals surface area contributed by atoms with Crippen LogP contribution in [0.4, 0.5) is 5.13 Å². The molecule has 6 nitrogen and oxygen atoms in total. The van der Waals surface area contributed by atoms with Crippen LogP contribution in [0.3, 0.4) is 0 Å². The van der Waals surface area contributed by atoms with Crippen LogP contribution in [0.2, 0.25) is 0 Å². The molecule has 0 unspecified atom stereocenters. The van der Waals surface area contributed by atoms with Gasteiger partial charge in [-0.05, 0) is 54.6 Å². The number of amides is 1. The number of hydrogen-bond acceptors (Lipinski definition) is 6. The number of carbonyl (C=O) groups is 1. The van der Waals surface area contributed by atoms with Crippen molar-refractivity contribution in [2.24, 2.45) is 0 Å². The Labute approximate surface area is 190 Å². The van der Waals surface area contributed by atoms with Gasteiger partial charge in [0.15, 0.2) is 5.13 Å². The maximum absolute atomic E-state index is 13.0. The van der Waals surface area contributed by atoms with Crippen LogP contribution < -0.4 is 14.4 Å². The van der Waals surface area contributed by atoms with E-state index in [0.29, 0.717) is 24.4 Å². The molecule has 1 saturated heterocycles. The average molecular weight is 446 g/mol. The number of ether oxygens (including phenoxy) is 2. The first kappa shape index (κ1) is 20.3. The first-order valence-electron chi connectivity index (χ1n) is 10.5. The lowest BCUT2D eigenvalue weighted by Gasteiger charge is -2.34. The summed E-state index contributed by atoms with van der Waals surface area (Å²) in [5, 5.41) is 0.989. The summed E-state index contributed by atoms with van der Waals surface area (Å²) in [5.74, 6) is 2.37. The molecule has 1 fully saturated rings. The van der Waals surface area contributed by atoms with Crippen molar-refractivity contribution in [2.45, 2.75) is 0 Å². The largest absolute Gasteiger partial charge is 0.497 e. The fraction of sp³-hybridized carbons (Fsp3) is 0.200. The first-order valence-corrected chi connectivity index (χ1v) is 11.3. The molecular weight excluding hydrogens is 422 g/mol. The zero-order valence-corrected chi connectivity index (χ0v) is 18.5. The van der Waals surface area contributed by atoms with Crippen LogP contribution in [0.5, 0.6) is 17.2 Å². The molecule has 0 atom stereocenters. The number of benzene rings is 3. The van der Waals surface area contributed by atoms with Crippen molar-refractivity contribution in [3.63, 3.8) is 0 Å². The number of nitrogens with zero attached hydrogens (tertiary/aromatic N) is 3. The predicted molar refractivity (Wildman–Crippen MR) is 127 cm³/mol. The van der Waals surface area contributed by atoms with Crippen LogP contribution in [0, 0.1) is 0 Å². The van der Waals surface area contributed by atoms with E-state index in [2.05, 4.69) is 4.90 Å². The van der Waals surface area contributed by atoms with Gasteiger partial charge in [-0.3, -0.25) is 4.79 Å². The van der Waals surface area contributed by atoms with Crippen molar-refractivity contribution >= 4 is 32.6 Å². The molecule has 0 bridgehead atoms. The number of hydrogen-bond donors (Lipinski definition) is 0. The fourth-order valence-corrected chi connectivity index (χ4v) is 4.77. The monoisotopic (exact) mass is 445 g/mol. The van der Waals surface area contributed by atoms with Gasteiger partial charge in [0.2, 0.25) is 0 Å². The number of thiazole rings is 1. The Morgan fingerprint density at radius 1 is 0.875 bits per heavy atom. The van der Waals surface area contributed by atoms with Crippen LogP contribution in [0.15, 0.2) is 72.8 Å². The number of methoxy groups -OCH3 is 1. The van der Waals surface area contributed by atoms with Gasteiger partial charge in [0.05, 0.1) is 17.3 Å². The predicted octanol–water partition coefficient (Wildman–Crippen LogP) is 5.06. The molecule has 1 aliphatic rings. The molecule has 0 N–H and O–H groups in total. The topological polar surface area (TPSA) is 54.9 Å². The van der Waals surface area contributed by atoms with E-state index in [4.69, 9.17) is 14.5 Å². The van der Waals surface area contributed by atoms with Crippen molar-refractivity contribution in [1.29, 1.82) is 0 Å². The van der Waals surface area contributed by atoms with E-state index in [-0.39, 0.29) is 5.91 Å². The Balaban J connectivity index is 1.21. The van der Waals surface area contributed by atoms with Crippen molar-refractivity contribution in [2.75, 3.05) is 38.2 Å². The van der Waals surface area contributed by atoms with E-state index in [9.17, 15) is 4.79 Å². The number of para-hydroxylation sites is 1. The van der Waals surface area contributed by atoms with Gasteiger partial charge in [-0.25, -0.2) is 4.98 Å². The Morgan fingerprint density at radius 3 is 2.28 bits per heavy atom. The molecular formula is C25H23N3O3S. The summed E-state index contributed by atoms with van der Waals surface area (Å²) in [6, 6.07) is 22.9. The molecule has 7 heteroatoms. The summed E-state index contributed by atoms with van der Waals surface area (Å²) in [7, 11) is 1.67. The lowest BCUT2D eigenvalue weighted by atomic mass is 10.1. The first-order chi connectivity index (χ1) is 15.7. The summed E-state index contributed by atoms with van der Waals surface area (Å²) in [6.45, 7) is 2.86. The minimum Gasteiger partial charge on any atom is -0.497 e. The number of aromatic nitrogens is 1. The van der Waals surface area contributed by atoms with Gasteiger partial charge in [0.25, 0.3) is 5.91 Å². The Morgan fingerprint density at radius 2 is 1.56 bits per heavy atom. The van der Waals surface area contributed by atoms with E-state index in [0.717, 1.165) is 39.9 Å². The molecule has 162 valence electrons. The van der Waals surface area contributed by atoms with Crippen LogP contribution in [0.1, 0.15) is 10.4 Å². The van der Waals surface area contributed by atoms with Crippen LogP contribution in [0.25, 0.3) is 10.2 Å². The van der Waals surface area contributed by atoms with E-state index in [1.165, 1.54) is 0 Å². The standard InChI is InChI=1S/C25H23N3O3S/c1-30-21-11-12-22-23(17-21)32-25(26-22)28-15-13-27(14-16-28)24(29)18-7-9-20(10-8-18)31-19-5-3-2-4-6-19/h2-12,17H,13-16H2,1H3. The zero-order valence-electron chi connectivity index (χ0n) is 17.7. The van der Waals surface area contributed by atoms with Crippen LogP contribution >= 0.6 is 11.3 Å². The van der Waals surface area contributed by atoms with Gasteiger partial charge in [0, 0.05) is 31.7 Å². The second kappa shape index (κ2) is 8.88. The molecule has 3 aromatic carbocycles. The molecule has 32 heavy (non-hydrogen) atoms. The van der Waals surface area contributed by atoms with Gasteiger partial charge in [-0.1, -0.05) is 29.5 Å². The quantitative estimate of drug-likeness (QED) is 0.430. The lowest BCUT2D eigenvalue weighted by Crippen LogP contribution is -2.48. The lowest BCUT2D eigenvalue weighted by molar-refractivity contribution is 0.0747. The van der Waals surface area contributed by atoms with E-state index < -0.39 is 0 Å². The highest BCUT2D eigenvalue weighted by molar-refractivity contribution is 7.22.